The summed E-state index contributed by atoms with van der Waals surface area (Å²) >= 11 is 6.38. The van der Waals surface area contributed by atoms with E-state index in [2.05, 4.69) is 16.7 Å². The minimum absolute atomic E-state index is 0.0185. The zero-order chi connectivity index (χ0) is 15.0. The van der Waals surface area contributed by atoms with E-state index >= 15 is 0 Å². The van der Waals surface area contributed by atoms with Crippen LogP contribution in [0.15, 0.2) is 36.5 Å². The molecule has 0 radical (unpaired) electrons. The molecule has 0 saturated heterocycles. The van der Waals surface area contributed by atoms with Crippen LogP contribution < -0.4 is 0 Å². The molecule has 1 aromatic rings. The Bertz CT molecular complexity index is 640. The number of nitrogens with zero attached hydrogens (tertiary/aromatic N) is 3. The van der Waals surface area contributed by atoms with Gasteiger partial charge in [-0.05, 0) is 31.8 Å². The van der Waals surface area contributed by atoms with Crippen LogP contribution in [0.3, 0.4) is 0 Å². The van der Waals surface area contributed by atoms with Crippen LogP contribution >= 0.6 is 11.6 Å². The molecule has 2 atom stereocenters. The van der Waals surface area contributed by atoms with Gasteiger partial charge in [0.05, 0.1) is 11.4 Å². The molecule has 1 aliphatic carbocycles. The van der Waals surface area contributed by atoms with Gasteiger partial charge in [0.2, 0.25) is 11.6 Å². The van der Waals surface area contributed by atoms with Gasteiger partial charge < -0.3 is 0 Å². The second-order valence-electron chi connectivity index (χ2n) is 5.50. The molecule has 2 unspecified atom stereocenters. The maximum Gasteiger partial charge on any atom is 0.217 e. The number of carbonyl (C=O) groups excluding carboxylic acids is 1. The lowest BCUT2D eigenvalue weighted by Gasteiger charge is -2.12. The number of halogens is 1. The van der Waals surface area contributed by atoms with E-state index < -0.39 is 0 Å². The molecule has 3 rings (SSSR count). The third kappa shape index (κ3) is 2.60. The predicted molar refractivity (Wildman–Crippen MR) is 82.4 cm³/mol. The van der Waals surface area contributed by atoms with E-state index in [0.717, 1.165) is 24.8 Å². The van der Waals surface area contributed by atoms with Gasteiger partial charge in [0.25, 0.3) is 0 Å². The topological polar surface area (TPSA) is 47.8 Å². The lowest BCUT2D eigenvalue weighted by atomic mass is 10.0. The molecule has 2 aliphatic rings. The van der Waals surface area contributed by atoms with E-state index in [1.165, 1.54) is 0 Å². The second kappa shape index (κ2) is 5.60. The molecule has 2 heterocycles. The highest BCUT2D eigenvalue weighted by molar-refractivity contribution is 6.20. The highest BCUT2D eigenvalue weighted by Gasteiger charge is 2.38. The predicted octanol–water partition coefficient (Wildman–Crippen LogP) is 3.78. The Morgan fingerprint density at radius 2 is 2.24 bits per heavy atom. The van der Waals surface area contributed by atoms with Gasteiger partial charge in [0.1, 0.15) is 5.82 Å². The number of hydrogen-bond donors (Lipinski definition) is 0. The molecule has 4 nitrogen and oxygen atoms in total. The van der Waals surface area contributed by atoms with Crippen molar-refractivity contribution in [2.45, 2.75) is 37.6 Å². The molecular formula is C16H18ClN3O. The minimum Gasteiger partial charge on any atom is -0.290 e. The number of hydrogen-bond acceptors (Lipinski definition) is 3. The molecule has 0 N–H and O–H groups in total. The van der Waals surface area contributed by atoms with Gasteiger partial charge in [-0.15, -0.1) is 16.7 Å². The zero-order valence-corrected chi connectivity index (χ0v) is 12.8. The first-order chi connectivity index (χ1) is 10.2. The van der Waals surface area contributed by atoms with Crippen molar-refractivity contribution >= 4 is 17.4 Å². The number of aromatic nitrogens is 3. The fraction of sp³-hybridized carbons (Fsp3) is 0.438. The molecule has 1 aliphatic heterocycles. The summed E-state index contributed by atoms with van der Waals surface area (Å²) in [5.41, 5.74) is 1.08. The highest BCUT2D eigenvalue weighted by atomic mass is 35.5. The Labute approximate surface area is 129 Å². The first-order valence-corrected chi connectivity index (χ1v) is 7.69. The number of alkyl halides is 1. The number of allylic oxidation sites excluding steroid dienone is 5. The van der Waals surface area contributed by atoms with Crippen LogP contribution in [0.2, 0.25) is 0 Å². The average molecular weight is 304 g/mol. The van der Waals surface area contributed by atoms with Gasteiger partial charge in [-0.3, -0.25) is 4.79 Å². The van der Waals surface area contributed by atoms with Crippen molar-refractivity contribution in [3.8, 4) is 0 Å². The summed E-state index contributed by atoms with van der Waals surface area (Å²) in [6.45, 7) is 5.72. The molecule has 0 amide bonds. The number of rotatable bonds is 5. The first kappa shape index (κ1) is 14.3. The highest BCUT2D eigenvalue weighted by Crippen LogP contribution is 2.42. The molecule has 0 aromatic carbocycles. The lowest BCUT2D eigenvalue weighted by molar-refractivity contribution is 0.0957. The van der Waals surface area contributed by atoms with Crippen LogP contribution in [-0.4, -0.2) is 20.5 Å². The van der Waals surface area contributed by atoms with Gasteiger partial charge >= 0.3 is 0 Å². The Morgan fingerprint density at radius 3 is 2.86 bits per heavy atom. The van der Waals surface area contributed by atoms with Gasteiger partial charge in [-0.2, -0.15) is 0 Å². The van der Waals surface area contributed by atoms with Crippen LogP contribution in [0, 0.1) is 5.92 Å². The SMILES string of the molecule is C=C/C=C(\C=C/C)C1CC(Cl)c2nc(C(=O)C3CC3)nn21. The zero-order valence-electron chi connectivity index (χ0n) is 12.0. The van der Waals surface area contributed by atoms with E-state index in [9.17, 15) is 4.79 Å². The van der Waals surface area contributed by atoms with Crippen molar-refractivity contribution in [1.82, 2.24) is 14.8 Å². The van der Waals surface area contributed by atoms with Gasteiger partial charge in [-0.25, -0.2) is 9.67 Å². The molecule has 0 spiro atoms. The smallest absolute Gasteiger partial charge is 0.217 e. The summed E-state index contributed by atoms with van der Waals surface area (Å²) in [6, 6.07) is 0.0185. The summed E-state index contributed by atoms with van der Waals surface area (Å²) in [5, 5.41) is 4.23. The standard InChI is InChI=1S/C16H18ClN3O/c1-3-5-10(6-4-2)13-9-12(17)16-18-15(19-20(13)16)14(21)11-7-8-11/h3-6,11-13H,1,7-9H2,2H3/b6-4-,10-5+. The largest absolute Gasteiger partial charge is 0.290 e. The monoisotopic (exact) mass is 303 g/mol. The van der Waals surface area contributed by atoms with E-state index in [1.54, 1.807) is 6.08 Å². The van der Waals surface area contributed by atoms with Gasteiger partial charge in [-0.1, -0.05) is 30.9 Å². The third-order valence-electron chi connectivity index (χ3n) is 3.89. The van der Waals surface area contributed by atoms with E-state index in [4.69, 9.17) is 11.6 Å². The maximum atomic E-state index is 12.1. The van der Waals surface area contributed by atoms with Crippen LogP contribution in [0.1, 0.15) is 54.0 Å². The number of fused-ring (bicyclic) bond motifs is 1. The van der Waals surface area contributed by atoms with Crippen molar-refractivity contribution in [2.75, 3.05) is 0 Å². The second-order valence-corrected chi connectivity index (χ2v) is 6.02. The summed E-state index contributed by atoms with van der Waals surface area (Å²) < 4.78 is 1.81. The summed E-state index contributed by atoms with van der Waals surface area (Å²) in [6.07, 6.45) is 10.3. The van der Waals surface area contributed by atoms with Crippen molar-refractivity contribution in [1.29, 1.82) is 0 Å². The molecule has 1 fully saturated rings. The Balaban J connectivity index is 1.96. The van der Waals surface area contributed by atoms with Crippen LogP contribution in [0.5, 0.6) is 0 Å². The normalized spacial score (nSPS) is 25.3. The van der Waals surface area contributed by atoms with Gasteiger partial charge in [0.15, 0.2) is 0 Å². The molecule has 110 valence electrons. The number of Topliss-reactive ketones (excluding diaryl/α,β-unsaturated/α-hetero) is 1. The van der Waals surface area contributed by atoms with Gasteiger partial charge in [0, 0.05) is 5.92 Å². The van der Waals surface area contributed by atoms with E-state index in [0.29, 0.717) is 11.6 Å². The van der Waals surface area contributed by atoms with Crippen molar-refractivity contribution in [2.24, 2.45) is 5.92 Å². The molecule has 1 aromatic heterocycles. The van der Waals surface area contributed by atoms with Crippen LogP contribution in [-0.2, 0) is 0 Å². The van der Waals surface area contributed by atoms with Crippen LogP contribution in [0.25, 0.3) is 0 Å². The van der Waals surface area contributed by atoms with E-state index in [-0.39, 0.29) is 23.1 Å². The summed E-state index contributed by atoms with van der Waals surface area (Å²) in [5.74, 6) is 1.20. The fourth-order valence-corrected chi connectivity index (χ4v) is 3.01. The Kier molecular flexibility index (Phi) is 3.81. The number of ketones is 1. The first-order valence-electron chi connectivity index (χ1n) is 7.25. The van der Waals surface area contributed by atoms with E-state index in [1.807, 2.05) is 29.8 Å². The Hall–Kier alpha value is -1.68. The molecule has 0 bridgehead atoms. The fourth-order valence-electron chi connectivity index (χ4n) is 2.70. The van der Waals surface area contributed by atoms with Crippen molar-refractivity contribution < 1.29 is 4.79 Å². The molecule has 1 saturated carbocycles. The lowest BCUT2D eigenvalue weighted by Crippen LogP contribution is -2.10. The molecular weight excluding hydrogens is 286 g/mol. The summed E-state index contributed by atoms with van der Waals surface area (Å²) in [7, 11) is 0. The minimum atomic E-state index is -0.207. The molecule has 21 heavy (non-hydrogen) atoms. The quantitative estimate of drug-likeness (QED) is 0.472. The molecule has 5 heteroatoms. The summed E-state index contributed by atoms with van der Waals surface area (Å²) in [4.78, 5) is 16.5. The maximum absolute atomic E-state index is 12.1. The van der Waals surface area contributed by atoms with Crippen molar-refractivity contribution in [3.63, 3.8) is 0 Å². The Morgan fingerprint density at radius 1 is 1.48 bits per heavy atom. The third-order valence-corrected chi connectivity index (χ3v) is 4.26. The van der Waals surface area contributed by atoms with Crippen molar-refractivity contribution in [3.05, 3.63) is 48.1 Å². The van der Waals surface area contributed by atoms with Crippen LogP contribution in [0.4, 0.5) is 0 Å². The average Bonchev–Trinajstić information content (AvgIpc) is 3.14. The number of carbonyl (C=O) groups is 1.